The average Bonchev–Trinajstić information content (AvgIpc) is 3.02. The first-order valence-electron chi connectivity index (χ1n) is 6.77. The predicted molar refractivity (Wildman–Crippen MR) is 74.0 cm³/mol. The molecule has 0 atom stereocenters. The Labute approximate surface area is 116 Å². The lowest BCUT2D eigenvalue weighted by atomic mass is 9.93. The lowest BCUT2D eigenvalue weighted by molar-refractivity contribution is 0.289. The van der Waals surface area contributed by atoms with Crippen LogP contribution >= 0.6 is 0 Å². The molecule has 98 valence electrons. The van der Waals surface area contributed by atoms with Crippen molar-refractivity contribution >= 4 is 5.52 Å². The van der Waals surface area contributed by atoms with Crippen molar-refractivity contribution in [3.05, 3.63) is 42.5 Å². The molecule has 0 N–H and O–H groups in total. The Morgan fingerprint density at radius 3 is 2.75 bits per heavy atom. The lowest BCUT2D eigenvalue weighted by Crippen LogP contribution is -2.16. The third-order valence-corrected chi connectivity index (χ3v) is 4.02. The minimum atomic E-state index is 0.572. The number of fused-ring (bicyclic) bond motifs is 1. The van der Waals surface area contributed by atoms with Crippen molar-refractivity contribution in [3.63, 3.8) is 0 Å². The highest BCUT2D eigenvalue weighted by molar-refractivity contribution is 5.67. The summed E-state index contributed by atoms with van der Waals surface area (Å²) in [6, 6.07) is 6.66. The molecule has 1 fully saturated rings. The molecule has 0 spiro atoms. The van der Waals surface area contributed by atoms with Crippen molar-refractivity contribution in [2.45, 2.75) is 25.3 Å². The molecule has 3 aromatic heterocycles. The van der Waals surface area contributed by atoms with Crippen LogP contribution in [0.5, 0.6) is 0 Å². The van der Waals surface area contributed by atoms with Gasteiger partial charge in [-0.05, 0) is 25.3 Å². The van der Waals surface area contributed by atoms with Crippen molar-refractivity contribution in [2.24, 2.45) is 0 Å². The van der Waals surface area contributed by atoms with Gasteiger partial charge in [-0.15, -0.1) is 0 Å². The molecule has 1 aliphatic rings. The zero-order valence-electron chi connectivity index (χ0n) is 10.9. The summed E-state index contributed by atoms with van der Waals surface area (Å²) >= 11 is 0. The average molecular weight is 263 g/mol. The van der Waals surface area contributed by atoms with E-state index in [1.54, 1.807) is 10.7 Å². The summed E-state index contributed by atoms with van der Waals surface area (Å²) in [6.07, 6.45) is 11.3. The standard InChI is InChI=1S/C15H13N5/c16-6-12-7-18-20-9-11(4-5-15(12)20)13-8-17-19(10-13)14-2-1-3-14/h4-5,7-10,14H,1-3H2. The van der Waals surface area contributed by atoms with Crippen LogP contribution in [0, 0.1) is 11.3 Å². The Kier molecular flexibility index (Phi) is 2.36. The fourth-order valence-corrected chi connectivity index (χ4v) is 2.58. The molecule has 0 unspecified atom stereocenters. The third-order valence-electron chi connectivity index (χ3n) is 4.02. The van der Waals surface area contributed by atoms with E-state index in [1.165, 1.54) is 19.3 Å². The van der Waals surface area contributed by atoms with Crippen LogP contribution in [0.3, 0.4) is 0 Å². The fraction of sp³-hybridized carbons (Fsp3) is 0.267. The predicted octanol–water partition coefficient (Wildman–Crippen LogP) is 2.79. The van der Waals surface area contributed by atoms with Gasteiger partial charge in [0.15, 0.2) is 0 Å². The van der Waals surface area contributed by atoms with Gasteiger partial charge in [-0.1, -0.05) is 6.07 Å². The number of hydrogen-bond donors (Lipinski definition) is 0. The second-order valence-electron chi connectivity index (χ2n) is 5.21. The van der Waals surface area contributed by atoms with Crippen LogP contribution in [0.4, 0.5) is 0 Å². The first-order chi connectivity index (χ1) is 9.85. The van der Waals surface area contributed by atoms with Crippen LogP contribution in [0.2, 0.25) is 0 Å². The second-order valence-corrected chi connectivity index (χ2v) is 5.21. The van der Waals surface area contributed by atoms with Gasteiger partial charge in [-0.3, -0.25) is 4.68 Å². The van der Waals surface area contributed by atoms with E-state index in [0.717, 1.165) is 16.6 Å². The topological polar surface area (TPSA) is 58.9 Å². The van der Waals surface area contributed by atoms with Crippen molar-refractivity contribution < 1.29 is 0 Å². The highest BCUT2D eigenvalue weighted by Gasteiger charge is 2.20. The SMILES string of the molecule is N#Cc1cnn2cc(-c3cnn(C4CCC4)c3)ccc12. The normalized spacial score (nSPS) is 15.2. The Bertz CT molecular complexity index is 816. The maximum atomic E-state index is 8.99. The van der Waals surface area contributed by atoms with Crippen LogP contribution in [-0.4, -0.2) is 19.4 Å². The van der Waals surface area contributed by atoms with Gasteiger partial charge in [0.25, 0.3) is 0 Å². The highest BCUT2D eigenvalue weighted by atomic mass is 15.3. The first kappa shape index (κ1) is 11.2. The fourth-order valence-electron chi connectivity index (χ4n) is 2.58. The molecule has 0 bridgehead atoms. The van der Waals surface area contributed by atoms with Gasteiger partial charge in [-0.2, -0.15) is 15.5 Å². The van der Waals surface area contributed by atoms with Gasteiger partial charge in [0.05, 0.1) is 29.5 Å². The molecule has 1 aliphatic carbocycles. The van der Waals surface area contributed by atoms with E-state index in [2.05, 4.69) is 27.1 Å². The zero-order valence-corrected chi connectivity index (χ0v) is 10.9. The van der Waals surface area contributed by atoms with E-state index < -0.39 is 0 Å². The highest BCUT2D eigenvalue weighted by Crippen LogP contribution is 2.32. The van der Waals surface area contributed by atoms with Gasteiger partial charge >= 0.3 is 0 Å². The van der Waals surface area contributed by atoms with E-state index in [-0.39, 0.29) is 0 Å². The number of hydrogen-bond acceptors (Lipinski definition) is 3. The van der Waals surface area contributed by atoms with Gasteiger partial charge in [0.2, 0.25) is 0 Å². The molecular formula is C15H13N5. The maximum absolute atomic E-state index is 8.99. The quantitative estimate of drug-likeness (QED) is 0.714. The van der Waals surface area contributed by atoms with Gasteiger partial charge < -0.3 is 0 Å². The molecule has 5 heteroatoms. The molecule has 0 aromatic carbocycles. The van der Waals surface area contributed by atoms with Gasteiger partial charge in [-0.25, -0.2) is 4.52 Å². The van der Waals surface area contributed by atoms with Crippen LogP contribution in [0.25, 0.3) is 16.6 Å². The summed E-state index contributed by atoms with van der Waals surface area (Å²) in [5.41, 5.74) is 3.59. The van der Waals surface area contributed by atoms with E-state index in [4.69, 9.17) is 5.26 Å². The summed E-state index contributed by atoms with van der Waals surface area (Å²) in [7, 11) is 0. The molecule has 3 heterocycles. The minimum absolute atomic E-state index is 0.572. The summed E-state index contributed by atoms with van der Waals surface area (Å²) in [4.78, 5) is 0. The number of aromatic nitrogens is 4. The van der Waals surface area contributed by atoms with E-state index in [1.807, 2.05) is 24.5 Å². The molecule has 1 saturated carbocycles. The molecule has 0 aliphatic heterocycles. The Balaban J connectivity index is 1.74. The molecule has 0 radical (unpaired) electrons. The summed E-state index contributed by atoms with van der Waals surface area (Å²) in [5.74, 6) is 0. The number of rotatable bonds is 2. The molecule has 0 saturated heterocycles. The molecule has 20 heavy (non-hydrogen) atoms. The Morgan fingerprint density at radius 1 is 1.10 bits per heavy atom. The van der Waals surface area contributed by atoms with Gasteiger partial charge in [0, 0.05) is 23.5 Å². The van der Waals surface area contributed by atoms with Crippen LogP contribution in [0.1, 0.15) is 30.9 Å². The number of pyridine rings is 1. The van der Waals surface area contributed by atoms with Crippen LogP contribution in [0.15, 0.2) is 36.9 Å². The lowest BCUT2D eigenvalue weighted by Gasteiger charge is -2.25. The van der Waals surface area contributed by atoms with Crippen molar-refractivity contribution in [2.75, 3.05) is 0 Å². The largest absolute Gasteiger partial charge is 0.269 e. The molecule has 3 aromatic rings. The Morgan fingerprint density at radius 2 is 2.00 bits per heavy atom. The van der Waals surface area contributed by atoms with E-state index in [9.17, 15) is 0 Å². The molecule has 4 rings (SSSR count). The zero-order chi connectivity index (χ0) is 13.5. The molecule has 5 nitrogen and oxygen atoms in total. The third kappa shape index (κ3) is 1.62. The van der Waals surface area contributed by atoms with Crippen molar-refractivity contribution in [3.8, 4) is 17.2 Å². The Hall–Kier alpha value is -2.61. The summed E-state index contributed by atoms with van der Waals surface area (Å²) < 4.78 is 3.81. The molecular weight excluding hydrogens is 250 g/mol. The second kappa shape index (κ2) is 4.20. The summed E-state index contributed by atoms with van der Waals surface area (Å²) in [6.45, 7) is 0. The van der Waals surface area contributed by atoms with E-state index >= 15 is 0 Å². The smallest absolute Gasteiger partial charge is 0.103 e. The maximum Gasteiger partial charge on any atom is 0.103 e. The van der Waals surface area contributed by atoms with Crippen LogP contribution in [-0.2, 0) is 0 Å². The number of nitrogens with zero attached hydrogens (tertiary/aromatic N) is 5. The monoisotopic (exact) mass is 263 g/mol. The minimum Gasteiger partial charge on any atom is -0.269 e. The van der Waals surface area contributed by atoms with E-state index in [0.29, 0.717) is 11.6 Å². The van der Waals surface area contributed by atoms with Crippen molar-refractivity contribution in [1.29, 1.82) is 5.26 Å². The summed E-state index contributed by atoms with van der Waals surface area (Å²) in [5, 5.41) is 17.7. The van der Waals surface area contributed by atoms with Crippen molar-refractivity contribution in [1.82, 2.24) is 19.4 Å². The molecule has 0 amide bonds. The van der Waals surface area contributed by atoms with Gasteiger partial charge in [0.1, 0.15) is 6.07 Å². The first-order valence-corrected chi connectivity index (χ1v) is 6.77. The number of nitriles is 1. The van der Waals surface area contributed by atoms with Crippen LogP contribution < -0.4 is 0 Å².